The van der Waals surface area contributed by atoms with Crippen molar-refractivity contribution in [3.05, 3.63) is 29.8 Å². The first-order valence-electron chi connectivity index (χ1n) is 6.46. The van der Waals surface area contributed by atoms with Crippen molar-refractivity contribution in [2.24, 2.45) is 5.41 Å². The van der Waals surface area contributed by atoms with Crippen LogP contribution < -0.4 is 5.32 Å². The molecule has 0 bridgehead atoms. The van der Waals surface area contributed by atoms with Gasteiger partial charge in [-0.05, 0) is 30.0 Å². The molecule has 2 heteroatoms. The van der Waals surface area contributed by atoms with Crippen LogP contribution in [0.2, 0.25) is 0 Å². The van der Waals surface area contributed by atoms with Crippen LogP contribution in [-0.2, 0) is 0 Å². The van der Waals surface area contributed by atoms with Crippen LogP contribution in [0.5, 0.6) is 0 Å². The van der Waals surface area contributed by atoms with Gasteiger partial charge in [0.05, 0.1) is 6.10 Å². The zero-order chi connectivity index (χ0) is 12.6. The van der Waals surface area contributed by atoms with E-state index in [1.165, 1.54) is 11.3 Å². The maximum Gasteiger partial charge on any atom is 0.0630 e. The fourth-order valence-corrected chi connectivity index (χ4v) is 2.34. The molecule has 1 aliphatic carbocycles. The Bertz CT molecular complexity index is 398. The van der Waals surface area contributed by atoms with E-state index in [-0.39, 0.29) is 11.5 Å². The lowest BCUT2D eigenvalue weighted by molar-refractivity contribution is -0.0510. The van der Waals surface area contributed by atoms with Crippen LogP contribution in [-0.4, -0.2) is 17.3 Å². The molecule has 0 heterocycles. The Morgan fingerprint density at radius 1 is 1.35 bits per heavy atom. The molecule has 1 aliphatic rings. The quantitative estimate of drug-likeness (QED) is 0.839. The summed E-state index contributed by atoms with van der Waals surface area (Å²) in [5.74, 6) is 0.553. The van der Waals surface area contributed by atoms with Crippen LogP contribution in [0.25, 0.3) is 0 Å². The lowest BCUT2D eigenvalue weighted by atomic mass is 9.64. The van der Waals surface area contributed by atoms with Gasteiger partial charge in [0.15, 0.2) is 0 Å². The van der Waals surface area contributed by atoms with Gasteiger partial charge in [-0.25, -0.2) is 0 Å². The number of hydrogen-bond acceptors (Lipinski definition) is 2. The molecule has 1 fully saturated rings. The van der Waals surface area contributed by atoms with Crippen molar-refractivity contribution in [1.29, 1.82) is 0 Å². The molecule has 0 spiro atoms. The SMILES string of the molecule is CC(C)c1cccc(NC2CC(O)C2(C)C)c1. The molecule has 0 amide bonds. The monoisotopic (exact) mass is 233 g/mol. The first-order chi connectivity index (χ1) is 7.91. The molecule has 2 unspecified atom stereocenters. The molecule has 94 valence electrons. The van der Waals surface area contributed by atoms with E-state index in [1.54, 1.807) is 0 Å². The predicted octanol–water partition coefficient (Wildman–Crippen LogP) is 3.38. The summed E-state index contributed by atoms with van der Waals surface area (Å²) in [6.07, 6.45) is 0.673. The van der Waals surface area contributed by atoms with Gasteiger partial charge < -0.3 is 10.4 Å². The van der Waals surface area contributed by atoms with Crippen molar-refractivity contribution in [3.63, 3.8) is 0 Å². The summed E-state index contributed by atoms with van der Waals surface area (Å²) in [4.78, 5) is 0. The number of hydrogen-bond donors (Lipinski definition) is 2. The van der Waals surface area contributed by atoms with Gasteiger partial charge in [0.25, 0.3) is 0 Å². The van der Waals surface area contributed by atoms with Crippen LogP contribution in [0.15, 0.2) is 24.3 Å². The van der Waals surface area contributed by atoms with Gasteiger partial charge in [-0.3, -0.25) is 0 Å². The van der Waals surface area contributed by atoms with E-state index >= 15 is 0 Å². The fourth-order valence-electron chi connectivity index (χ4n) is 2.34. The summed E-state index contributed by atoms with van der Waals surface area (Å²) < 4.78 is 0. The smallest absolute Gasteiger partial charge is 0.0630 e. The van der Waals surface area contributed by atoms with E-state index in [0.717, 1.165) is 6.42 Å². The summed E-state index contributed by atoms with van der Waals surface area (Å²) >= 11 is 0. The van der Waals surface area contributed by atoms with Gasteiger partial charge in [0, 0.05) is 17.1 Å². The highest BCUT2D eigenvalue weighted by Gasteiger charge is 2.47. The number of rotatable bonds is 3. The van der Waals surface area contributed by atoms with Crippen molar-refractivity contribution in [2.45, 2.75) is 52.2 Å². The maximum absolute atomic E-state index is 9.73. The zero-order valence-electron chi connectivity index (χ0n) is 11.2. The molecular weight excluding hydrogens is 210 g/mol. The normalized spacial score (nSPS) is 26.7. The Kier molecular flexibility index (Phi) is 3.17. The third-order valence-corrected chi connectivity index (χ3v) is 4.11. The second-order valence-electron chi connectivity index (χ2n) is 6.05. The Balaban J connectivity index is 2.07. The molecular formula is C15H23NO. The molecule has 0 saturated heterocycles. The molecule has 2 atom stereocenters. The Hall–Kier alpha value is -1.02. The Morgan fingerprint density at radius 2 is 2.06 bits per heavy atom. The molecule has 2 rings (SSSR count). The van der Waals surface area contributed by atoms with Crippen LogP contribution in [0.4, 0.5) is 5.69 Å². The minimum atomic E-state index is -0.173. The van der Waals surface area contributed by atoms with E-state index in [1.807, 2.05) is 0 Å². The van der Waals surface area contributed by atoms with Gasteiger partial charge >= 0.3 is 0 Å². The largest absolute Gasteiger partial charge is 0.392 e. The highest BCUT2D eigenvalue weighted by Crippen LogP contribution is 2.42. The second kappa shape index (κ2) is 4.34. The van der Waals surface area contributed by atoms with E-state index in [2.05, 4.69) is 57.3 Å². The lowest BCUT2D eigenvalue weighted by Gasteiger charge is -2.49. The summed E-state index contributed by atoms with van der Waals surface area (Å²) in [6.45, 7) is 8.64. The topological polar surface area (TPSA) is 32.3 Å². The first-order valence-corrected chi connectivity index (χ1v) is 6.46. The average molecular weight is 233 g/mol. The van der Waals surface area contributed by atoms with Crippen molar-refractivity contribution in [3.8, 4) is 0 Å². The maximum atomic E-state index is 9.73. The number of benzene rings is 1. The first kappa shape index (κ1) is 12.4. The van der Waals surface area contributed by atoms with Crippen molar-refractivity contribution in [2.75, 3.05) is 5.32 Å². The highest BCUT2D eigenvalue weighted by atomic mass is 16.3. The van der Waals surface area contributed by atoms with Crippen LogP contribution in [0, 0.1) is 5.41 Å². The van der Waals surface area contributed by atoms with E-state index in [4.69, 9.17) is 0 Å². The molecule has 0 aromatic heterocycles. The summed E-state index contributed by atoms with van der Waals surface area (Å²) in [7, 11) is 0. The van der Waals surface area contributed by atoms with E-state index in [9.17, 15) is 5.11 Å². The number of aliphatic hydroxyl groups excluding tert-OH is 1. The number of aliphatic hydroxyl groups is 1. The Morgan fingerprint density at radius 3 is 2.59 bits per heavy atom. The minimum absolute atomic E-state index is 0.0200. The summed E-state index contributed by atoms with van der Waals surface area (Å²) in [6, 6.07) is 8.95. The molecule has 0 radical (unpaired) electrons. The zero-order valence-corrected chi connectivity index (χ0v) is 11.2. The van der Waals surface area contributed by atoms with Gasteiger partial charge in [0.1, 0.15) is 0 Å². The van der Waals surface area contributed by atoms with Crippen molar-refractivity contribution < 1.29 is 5.11 Å². The Labute approximate surface area is 104 Å². The lowest BCUT2D eigenvalue weighted by Crippen LogP contribution is -2.56. The number of nitrogens with one attached hydrogen (secondary N) is 1. The molecule has 1 saturated carbocycles. The van der Waals surface area contributed by atoms with Gasteiger partial charge in [0.2, 0.25) is 0 Å². The van der Waals surface area contributed by atoms with Gasteiger partial charge in [-0.1, -0.05) is 39.8 Å². The van der Waals surface area contributed by atoms with Gasteiger partial charge in [-0.15, -0.1) is 0 Å². The van der Waals surface area contributed by atoms with E-state index in [0.29, 0.717) is 12.0 Å². The second-order valence-corrected chi connectivity index (χ2v) is 6.05. The summed E-state index contributed by atoms with van der Waals surface area (Å²) in [5.41, 5.74) is 2.50. The van der Waals surface area contributed by atoms with Crippen molar-refractivity contribution >= 4 is 5.69 Å². The third kappa shape index (κ3) is 2.32. The highest BCUT2D eigenvalue weighted by molar-refractivity contribution is 5.48. The fraction of sp³-hybridized carbons (Fsp3) is 0.600. The average Bonchev–Trinajstić information content (AvgIpc) is 2.29. The predicted molar refractivity (Wildman–Crippen MR) is 72.3 cm³/mol. The van der Waals surface area contributed by atoms with Crippen molar-refractivity contribution in [1.82, 2.24) is 0 Å². The van der Waals surface area contributed by atoms with Gasteiger partial charge in [-0.2, -0.15) is 0 Å². The third-order valence-electron chi connectivity index (χ3n) is 4.11. The molecule has 2 nitrogen and oxygen atoms in total. The molecule has 0 aliphatic heterocycles. The minimum Gasteiger partial charge on any atom is -0.392 e. The van der Waals surface area contributed by atoms with Crippen LogP contribution >= 0.6 is 0 Å². The molecule has 2 N–H and O–H groups in total. The number of anilines is 1. The molecule has 1 aromatic rings. The summed E-state index contributed by atoms with van der Waals surface area (Å²) in [5, 5.41) is 13.3. The van der Waals surface area contributed by atoms with E-state index < -0.39 is 0 Å². The molecule has 1 aromatic carbocycles. The standard InChI is InChI=1S/C15H23NO/c1-10(2)11-6-5-7-12(8-11)16-13-9-14(17)15(13,3)4/h5-8,10,13-14,16-17H,9H2,1-4H3. The molecule has 17 heavy (non-hydrogen) atoms. The van der Waals surface area contributed by atoms with Crippen LogP contribution in [0.1, 0.15) is 45.6 Å². The van der Waals surface area contributed by atoms with Crippen LogP contribution in [0.3, 0.4) is 0 Å².